The summed E-state index contributed by atoms with van der Waals surface area (Å²) in [6.45, 7) is 1.89. The maximum absolute atomic E-state index is 11.5. The maximum atomic E-state index is 11.5. The van der Waals surface area contributed by atoms with Gasteiger partial charge in [-0.25, -0.2) is 4.79 Å². The van der Waals surface area contributed by atoms with Gasteiger partial charge in [0.25, 0.3) is 0 Å². The van der Waals surface area contributed by atoms with Crippen LogP contribution in [0.5, 0.6) is 0 Å². The highest BCUT2D eigenvalue weighted by molar-refractivity contribution is 7.12. The van der Waals surface area contributed by atoms with E-state index in [9.17, 15) is 9.59 Å². The smallest absolute Gasteiger partial charge is 0.331 e. The number of ether oxygens (including phenoxy) is 1. The second-order valence-corrected chi connectivity index (χ2v) is 3.52. The van der Waals surface area contributed by atoms with Crippen LogP contribution in [0.3, 0.4) is 0 Å². The lowest BCUT2D eigenvalue weighted by atomic mass is 10.2. The van der Waals surface area contributed by atoms with Gasteiger partial charge in [-0.1, -0.05) is 6.07 Å². The minimum absolute atomic E-state index is 0.226. The number of nitrogens with two attached hydrogens (primary N) is 1. The molecule has 4 nitrogen and oxygen atoms in total. The predicted octanol–water partition coefficient (Wildman–Crippen LogP) is 0.821. The summed E-state index contributed by atoms with van der Waals surface area (Å²) in [7, 11) is 0. The SMILES string of the molecule is CCOC(=O)[C@@H](N)C(=O)c1cccs1. The molecule has 0 aliphatic carbocycles. The van der Waals surface area contributed by atoms with Crippen molar-refractivity contribution in [2.75, 3.05) is 6.61 Å². The third-order valence-electron chi connectivity index (χ3n) is 1.59. The van der Waals surface area contributed by atoms with Crippen molar-refractivity contribution in [3.05, 3.63) is 22.4 Å². The molecule has 0 saturated heterocycles. The summed E-state index contributed by atoms with van der Waals surface area (Å²) >= 11 is 1.26. The fourth-order valence-corrected chi connectivity index (χ4v) is 1.62. The summed E-state index contributed by atoms with van der Waals surface area (Å²) in [6, 6.07) is 2.16. The van der Waals surface area contributed by atoms with Crippen LogP contribution in [-0.2, 0) is 9.53 Å². The molecule has 0 unspecified atom stereocenters. The van der Waals surface area contributed by atoms with Crippen LogP contribution in [0.2, 0.25) is 0 Å². The number of ketones is 1. The van der Waals surface area contributed by atoms with Crippen LogP contribution in [-0.4, -0.2) is 24.4 Å². The average Bonchev–Trinajstić information content (AvgIpc) is 2.68. The first kappa shape index (κ1) is 10.9. The fourth-order valence-electron chi connectivity index (χ4n) is 0.911. The Hall–Kier alpha value is -1.20. The highest BCUT2D eigenvalue weighted by Gasteiger charge is 2.24. The number of thiophene rings is 1. The largest absolute Gasteiger partial charge is 0.464 e. The molecule has 1 atom stereocenters. The molecule has 0 saturated carbocycles. The summed E-state index contributed by atoms with van der Waals surface area (Å²) in [6.07, 6.45) is 0. The van der Waals surface area contributed by atoms with E-state index in [4.69, 9.17) is 5.73 Å². The molecule has 76 valence electrons. The van der Waals surface area contributed by atoms with Crippen molar-refractivity contribution in [3.63, 3.8) is 0 Å². The minimum atomic E-state index is -1.20. The molecule has 0 radical (unpaired) electrons. The quantitative estimate of drug-likeness (QED) is 0.456. The van der Waals surface area contributed by atoms with Crippen LogP contribution < -0.4 is 5.73 Å². The Morgan fingerprint density at radius 2 is 2.36 bits per heavy atom. The minimum Gasteiger partial charge on any atom is -0.464 e. The van der Waals surface area contributed by atoms with Gasteiger partial charge in [0.05, 0.1) is 11.5 Å². The lowest BCUT2D eigenvalue weighted by Crippen LogP contribution is -2.39. The molecule has 1 aromatic heterocycles. The second-order valence-electron chi connectivity index (χ2n) is 2.57. The summed E-state index contributed by atoms with van der Waals surface area (Å²) in [5.41, 5.74) is 5.42. The molecule has 0 aliphatic rings. The number of Topliss-reactive ketones (excluding diaryl/α,β-unsaturated/α-hetero) is 1. The van der Waals surface area contributed by atoms with Gasteiger partial charge < -0.3 is 10.5 Å². The fraction of sp³-hybridized carbons (Fsp3) is 0.333. The van der Waals surface area contributed by atoms with Crippen molar-refractivity contribution >= 4 is 23.1 Å². The Bertz CT molecular complexity index is 321. The molecule has 2 N–H and O–H groups in total. The molecule has 0 aromatic carbocycles. The lowest BCUT2D eigenvalue weighted by Gasteiger charge is -2.07. The van der Waals surface area contributed by atoms with Crippen molar-refractivity contribution in [2.24, 2.45) is 5.73 Å². The highest BCUT2D eigenvalue weighted by Crippen LogP contribution is 2.11. The van der Waals surface area contributed by atoms with Crippen LogP contribution in [0.4, 0.5) is 0 Å². The Kier molecular flexibility index (Phi) is 3.79. The van der Waals surface area contributed by atoms with Gasteiger partial charge in [0.15, 0.2) is 6.04 Å². The van der Waals surface area contributed by atoms with Gasteiger partial charge in [-0.3, -0.25) is 4.79 Å². The van der Waals surface area contributed by atoms with E-state index in [0.29, 0.717) is 4.88 Å². The summed E-state index contributed by atoms with van der Waals surface area (Å²) in [5, 5.41) is 1.76. The van der Waals surface area contributed by atoms with E-state index in [1.165, 1.54) is 11.3 Å². The molecule has 0 aliphatic heterocycles. The van der Waals surface area contributed by atoms with Crippen LogP contribution in [0, 0.1) is 0 Å². The normalized spacial score (nSPS) is 12.1. The number of carbonyl (C=O) groups is 2. The van der Waals surface area contributed by atoms with E-state index in [2.05, 4.69) is 4.74 Å². The van der Waals surface area contributed by atoms with E-state index in [0.717, 1.165) is 0 Å². The van der Waals surface area contributed by atoms with Crippen LogP contribution in [0.25, 0.3) is 0 Å². The van der Waals surface area contributed by atoms with Gasteiger partial charge in [-0.05, 0) is 18.4 Å². The number of carbonyl (C=O) groups excluding carboxylic acids is 2. The molecular formula is C9H11NO3S. The van der Waals surface area contributed by atoms with E-state index in [1.807, 2.05) is 0 Å². The van der Waals surface area contributed by atoms with Crippen molar-refractivity contribution in [1.82, 2.24) is 0 Å². The molecular weight excluding hydrogens is 202 g/mol. The van der Waals surface area contributed by atoms with Gasteiger partial charge in [-0.2, -0.15) is 0 Å². The number of rotatable bonds is 4. The predicted molar refractivity (Wildman–Crippen MR) is 53.3 cm³/mol. The van der Waals surface area contributed by atoms with E-state index in [1.54, 1.807) is 24.4 Å². The third-order valence-corrected chi connectivity index (χ3v) is 2.47. The van der Waals surface area contributed by atoms with Gasteiger partial charge in [0.1, 0.15) is 0 Å². The lowest BCUT2D eigenvalue weighted by molar-refractivity contribution is -0.143. The summed E-state index contributed by atoms with van der Waals surface area (Å²) < 4.78 is 4.64. The van der Waals surface area contributed by atoms with Gasteiger partial charge in [0.2, 0.25) is 5.78 Å². The Balaban J connectivity index is 2.66. The van der Waals surface area contributed by atoms with Crippen LogP contribution >= 0.6 is 11.3 Å². The first-order valence-electron chi connectivity index (χ1n) is 4.16. The topological polar surface area (TPSA) is 69.4 Å². The van der Waals surface area contributed by atoms with Crippen molar-refractivity contribution < 1.29 is 14.3 Å². The van der Waals surface area contributed by atoms with Gasteiger partial charge >= 0.3 is 5.97 Å². The third kappa shape index (κ3) is 2.40. The van der Waals surface area contributed by atoms with Crippen LogP contribution in [0.15, 0.2) is 17.5 Å². The molecule has 0 bridgehead atoms. The molecule has 1 rings (SSSR count). The van der Waals surface area contributed by atoms with E-state index < -0.39 is 17.8 Å². The summed E-state index contributed by atoms with van der Waals surface area (Å²) in [4.78, 5) is 23.1. The molecule has 14 heavy (non-hydrogen) atoms. The molecule has 0 fully saturated rings. The zero-order valence-corrected chi connectivity index (χ0v) is 8.54. The molecule has 0 spiro atoms. The van der Waals surface area contributed by atoms with E-state index >= 15 is 0 Å². The molecule has 1 aromatic rings. The Morgan fingerprint density at radius 1 is 1.64 bits per heavy atom. The number of hydrogen-bond donors (Lipinski definition) is 1. The zero-order valence-electron chi connectivity index (χ0n) is 7.73. The first-order valence-corrected chi connectivity index (χ1v) is 5.04. The van der Waals surface area contributed by atoms with E-state index in [-0.39, 0.29) is 6.61 Å². The maximum Gasteiger partial charge on any atom is 0.331 e. The van der Waals surface area contributed by atoms with Gasteiger partial charge in [-0.15, -0.1) is 11.3 Å². The first-order chi connectivity index (χ1) is 6.66. The standard InChI is InChI=1S/C9H11NO3S/c1-2-13-9(12)7(10)8(11)6-4-3-5-14-6/h3-5,7H,2,10H2,1H3/t7-/m0/s1. The Labute approximate surface area is 85.7 Å². The highest BCUT2D eigenvalue weighted by atomic mass is 32.1. The summed E-state index contributed by atoms with van der Waals surface area (Å²) in [5.74, 6) is -1.07. The zero-order chi connectivity index (χ0) is 10.6. The molecule has 1 heterocycles. The second kappa shape index (κ2) is 4.88. The van der Waals surface area contributed by atoms with Crippen molar-refractivity contribution in [3.8, 4) is 0 Å². The van der Waals surface area contributed by atoms with Crippen LogP contribution in [0.1, 0.15) is 16.6 Å². The molecule has 5 heteroatoms. The Morgan fingerprint density at radius 3 is 2.86 bits per heavy atom. The molecule has 0 amide bonds. The number of hydrogen-bond acceptors (Lipinski definition) is 5. The van der Waals surface area contributed by atoms with Crippen molar-refractivity contribution in [1.29, 1.82) is 0 Å². The van der Waals surface area contributed by atoms with Gasteiger partial charge in [0, 0.05) is 0 Å². The average molecular weight is 213 g/mol. The monoisotopic (exact) mass is 213 g/mol. The van der Waals surface area contributed by atoms with Crippen molar-refractivity contribution in [2.45, 2.75) is 13.0 Å². The number of esters is 1.